The molecule has 2 aromatic heterocycles. The van der Waals surface area contributed by atoms with Crippen molar-refractivity contribution < 1.29 is 14.6 Å². The van der Waals surface area contributed by atoms with E-state index in [-0.39, 0.29) is 6.61 Å². The standard InChI is InChI=1S/C23H25N5O3/c1-27-15-16(13-25-27)23-14-24-21-6-5-17(11-22(21)26-23)28(7-4-8-29)18-9-19(30-2)12-20(10-18)31-3/h5-6,9-15,29H,4,7-8H2,1-3H3. The van der Waals surface area contributed by atoms with Crippen LogP contribution in [-0.4, -0.2) is 52.2 Å². The third-order valence-corrected chi connectivity index (χ3v) is 5.03. The lowest BCUT2D eigenvalue weighted by atomic mass is 10.2. The molecular formula is C23H25N5O3. The van der Waals surface area contributed by atoms with E-state index in [1.807, 2.05) is 49.6 Å². The second-order valence-electron chi connectivity index (χ2n) is 7.13. The summed E-state index contributed by atoms with van der Waals surface area (Å²) in [5, 5.41) is 13.7. The molecule has 4 aromatic rings. The molecular weight excluding hydrogens is 394 g/mol. The fraction of sp³-hybridized carbons (Fsp3) is 0.261. The summed E-state index contributed by atoms with van der Waals surface area (Å²) < 4.78 is 12.6. The van der Waals surface area contributed by atoms with Crippen LogP contribution >= 0.6 is 0 Å². The van der Waals surface area contributed by atoms with E-state index in [0.29, 0.717) is 24.5 Å². The molecule has 0 bridgehead atoms. The van der Waals surface area contributed by atoms with Gasteiger partial charge in [-0.3, -0.25) is 9.67 Å². The van der Waals surface area contributed by atoms with Crippen molar-refractivity contribution >= 4 is 22.4 Å². The van der Waals surface area contributed by atoms with Gasteiger partial charge in [-0.05, 0) is 24.6 Å². The molecule has 1 N–H and O–H groups in total. The molecule has 8 nitrogen and oxygen atoms in total. The smallest absolute Gasteiger partial charge is 0.124 e. The molecule has 0 spiro atoms. The van der Waals surface area contributed by atoms with E-state index in [1.54, 1.807) is 31.3 Å². The van der Waals surface area contributed by atoms with E-state index in [9.17, 15) is 5.11 Å². The van der Waals surface area contributed by atoms with Gasteiger partial charge in [0, 0.05) is 61.5 Å². The van der Waals surface area contributed by atoms with E-state index in [2.05, 4.69) is 15.0 Å². The van der Waals surface area contributed by atoms with Gasteiger partial charge in [-0.25, -0.2) is 4.98 Å². The normalized spacial score (nSPS) is 11.0. The second-order valence-corrected chi connectivity index (χ2v) is 7.13. The van der Waals surface area contributed by atoms with Crippen molar-refractivity contribution in [3.05, 3.63) is 55.0 Å². The van der Waals surface area contributed by atoms with Crippen LogP contribution in [0.15, 0.2) is 55.0 Å². The molecule has 0 atom stereocenters. The Bertz CT molecular complexity index is 1170. The van der Waals surface area contributed by atoms with Gasteiger partial charge in [-0.1, -0.05) is 0 Å². The number of benzene rings is 2. The summed E-state index contributed by atoms with van der Waals surface area (Å²) in [6, 6.07) is 11.7. The van der Waals surface area contributed by atoms with Crippen LogP contribution in [0.4, 0.5) is 11.4 Å². The van der Waals surface area contributed by atoms with Gasteiger partial charge in [-0.15, -0.1) is 0 Å². The lowest BCUT2D eigenvalue weighted by Crippen LogP contribution is -2.19. The van der Waals surface area contributed by atoms with Crippen LogP contribution in [0.5, 0.6) is 11.5 Å². The Balaban J connectivity index is 1.78. The number of aliphatic hydroxyl groups excluding tert-OH is 1. The summed E-state index contributed by atoms with van der Waals surface area (Å²) in [6.45, 7) is 0.712. The van der Waals surface area contributed by atoms with Crippen molar-refractivity contribution in [2.75, 3.05) is 32.3 Å². The third-order valence-electron chi connectivity index (χ3n) is 5.03. The van der Waals surface area contributed by atoms with E-state index in [0.717, 1.165) is 33.7 Å². The number of methoxy groups -OCH3 is 2. The molecule has 4 rings (SSSR count). The fourth-order valence-corrected chi connectivity index (χ4v) is 3.44. The number of fused-ring (bicyclic) bond motifs is 1. The molecule has 160 valence electrons. The van der Waals surface area contributed by atoms with Crippen LogP contribution < -0.4 is 14.4 Å². The number of hydrogen-bond acceptors (Lipinski definition) is 7. The molecule has 2 heterocycles. The minimum atomic E-state index is 0.0934. The Morgan fingerprint density at radius 2 is 1.74 bits per heavy atom. The van der Waals surface area contributed by atoms with E-state index in [1.165, 1.54) is 0 Å². The lowest BCUT2D eigenvalue weighted by molar-refractivity contribution is 0.291. The molecule has 0 aliphatic rings. The van der Waals surface area contributed by atoms with Crippen LogP contribution in [-0.2, 0) is 7.05 Å². The monoisotopic (exact) mass is 419 g/mol. The van der Waals surface area contributed by atoms with Gasteiger partial charge in [0.1, 0.15) is 11.5 Å². The number of nitrogens with zero attached hydrogens (tertiary/aromatic N) is 5. The average Bonchev–Trinajstić information content (AvgIpc) is 3.24. The maximum Gasteiger partial charge on any atom is 0.124 e. The molecule has 0 radical (unpaired) electrons. The fourth-order valence-electron chi connectivity index (χ4n) is 3.44. The van der Waals surface area contributed by atoms with Crippen molar-refractivity contribution in [2.45, 2.75) is 6.42 Å². The number of aryl methyl sites for hydroxylation is 1. The van der Waals surface area contributed by atoms with Gasteiger partial charge in [0.05, 0.1) is 43.3 Å². The van der Waals surface area contributed by atoms with Crippen LogP contribution in [0.1, 0.15) is 6.42 Å². The van der Waals surface area contributed by atoms with Crippen LogP contribution in [0, 0.1) is 0 Å². The zero-order chi connectivity index (χ0) is 21.8. The quantitative estimate of drug-likeness (QED) is 0.467. The number of aliphatic hydroxyl groups is 1. The highest BCUT2D eigenvalue weighted by Gasteiger charge is 2.14. The van der Waals surface area contributed by atoms with Gasteiger partial charge in [0.2, 0.25) is 0 Å². The molecule has 0 unspecified atom stereocenters. The van der Waals surface area contributed by atoms with Gasteiger partial charge >= 0.3 is 0 Å². The predicted molar refractivity (Wildman–Crippen MR) is 120 cm³/mol. The van der Waals surface area contributed by atoms with Crippen LogP contribution in [0.2, 0.25) is 0 Å². The Morgan fingerprint density at radius 3 is 2.39 bits per heavy atom. The zero-order valence-corrected chi connectivity index (χ0v) is 17.8. The number of hydrogen-bond donors (Lipinski definition) is 1. The third kappa shape index (κ3) is 4.44. The van der Waals surface area contributed by atoms with Gasteiger partial charge in [0.25, 0.3) is 0 Å². The molecule has 31 heavy (non-hydrogen) atoms. The largest absolute Gasteiger partial charge is 0.497 e. The number of anilines is 2. The van der Waals surface area contributed by atoms with Crippen molar-refractivity contribution in [3.63, 3.8) is 0 Å². The molecule has 0 saturated carbocycles. The Kier molecular flexibility index (Phi) is 5.99. The Labute approximate surface area is 180 Å². The average molecular weight is 419 g/mol. The predicted octanol–water partition coefficient (Wildman–Crippen LogP) is 3.57. The highest BCUT2D eigenvalue weighted by atomic mass is 16.5. The second kappa shape index (κ2) is 9.01. The first-order chi connectivity index (χ1) is 15.1. The minimum Gasteiger partial charge on any atom is -0.497 e. The minimum absolute atomic E-state index is 0.0934. The molecule has 0 aliphatic carbocycles. The van der Waals surface area contributed by atoms with Gasteiger partial charge in [0.15, 0.2) is 0 Å². The first-order valence-electron chi connectivity index (χ1n) is 9.98. The highest BCUT2D eigenvalue weighted by molar-refractivity contribution is 5.82. The van der Waals surface area contributed by atoms with Crippen molar-refractivity contribution in [2.24, 2.45) is 7.05 Å². The van der Waals surface area contributed by atoms with Crippen molar-refractivity contribution in [1.82, 2.24) is 19.7 Å². The Morgan fingerprint density at radius 1 is 0.968 bits per heavy atom. The topological polar surface area (TPSA) is 85.5 Å². The maximum absolute atomic E-state index is 9.44. The molecule has 2 aromatic carbocycles. The van der Waals surface area contributed by atoms with Gasteiger partial charge < -0.3 is 19.5 Å². The summed E-state index contributed by atoms with van der Waals surface area (Å²) in [4.78, 5) is 11.5. The number of ether oxygens (including phenoxy) is 2. The first-order valence-corrected chi connectivity index (χ1v) is 9.98. The van der Waals surface area contributed by atoms with Gasteiger partial charge in [-0.2, -0.15) is 5.10 Å². The highest BCUT2D eigenvalue weighted by Crippen LogP contribution is 2.34. The van der Waals surface area contributed by atoms with Crippen LogP contribution in [0.3, 0.4) is 0 Å². The molecule has 0 amide bonds. The summed E-state index contributed by atoms with van der Waals surface area (Å²) in [7, 11) is 5.13. The summed E-state index contributed by atoms with van der Waals surface area (Å²) in [5.74, 6) is 1.39. The summed E-state index contributed by atoms with van der Waals surface area (Å²) >= 11 is 0. The maximum atomic E-state index is 9.44. The molecule has 8 heteroatoms. The van der Waals surface area contributed by atoms with Crippen molar-refractivity contribution in [1.29, 1.82) is 0 Å². The van der Waals surface area contributed by atoms with E-state index < -0.39 is 0 Å². The van der Waals surface area contributed by atoms with E-state index >= 15 is 0 Å². The van der Waals surface area contributed by atoms with E-state index in [4.69, 9.17) is 14.5 Å². The molecule has 0 fully saturated rings. The molecule has 0 aliphatic heterocycles. The van der Waals surface area contributed by atoms with Crippen molar-refractivity contribution in [3.8, 4) is 22.8 Å². The summed E-state index contributed by atoms with van der Waals surface area (Å²) in [6.07, 6.45) is 6.06. The number of aromatic nitrogens is 4. The molecule has 0 saturated heterocycles. The summed E-state index contributed by atoms with van der Waals surface area (Å²) in [5.41, 5.74) is 5.11. The lowest BCUT2D eigenvalue weighted by Gasteiger charge is -2.26. The number of rotatable bonds is 8. The first kappa shape index (κ1) is 20.6. The van der Waals surface area contributed by atoms with Crippen LogP contribution in [0.25, 0.3) is 22.3 Å². The Hall–Kier alpha value is -3.65. The zero-order valence-electron chi connectivity index (χ0n) is 17.8. The SMILES string of the molecule is COc1cc(OC)cc(N(CCCO)c2ccc3ncc(-c4cnn(C)c4)nc3c2)c1.